The third-order valence-corrected chi connectivity index (χ3v) is 3.09. The topological polar surface area (TPSA) is 12.0 Å². The van der Waals surface area contributed by atoms with E-state index in [0.29, 0.717) is 0 Å². The number of thiophene rings is 1. The minimum Gasteiger partial charge on any atom is -0.313 e. The lowest BCUT2D eigenvalue weighted by Crippen LogP contribution is -2.11. The van der Waals surface area contributed by atoms with E-state index in [0.717, 1.165) is 13.1 Å². The van der Waals surface area contributed by atoms with Crippen LogP contribution in [0.15, 0.2) is 15.2 Å². The summed E-state index contributed by atoms with van der Waals surface area (Å²) < 4.78 is 1.22. The zero-order chi connectivity index (χ0) is 7.40. The van der Waals surface area contributed by atoms with Gasteiger partial charge in [-0.05, 0) is 33.4 Å². The summed E-state index contributed by atoms with van der Waals surface area (Å²) in [5.41, 5.74) is 1.35. The molecule has 10 heavy (non-hydrogen) atoms. The molecule has 1 rings (SSSR count). The van der Waals surface area contributed by atoms with E-state index in [-0.39, 0.29) is 0 Å². The van der Waals surface area contributed by atoms with Crippen molar-refractivity contribution in [2.75, 3.05) is 6.54 Å². The van der Waals surface area contributed by atoms with Crippen LogP contribution in [-0.2, 0) is 6.54 Å². The largest absolute Gasteiger partial charge is 0.313 e. The molecule has 0 aliphatic rings. The molecule has 0 aromatic carbocycles. The fourth-order valence-electron chi connectivity index (χ4n) is 0.694. The van der Waals surface area contributed by atoms with E-state index in [9.17, 15) is 0 Å². The molecule has 0 spiro atoms. The summed E-state index contributed by atoms with van der Waals surface area (Å²) in [5.74, 6) is 0. The van der Waals surface area contributed by atoms with Crippen molar-refractivity contribution >= 4 is 27.3 Å². The summed E-state index contributed by atoms with van der Waals surface area (Å²) in [6.07, 6.45) is 0. The van der Waals surface area contributed by atoms with Crippen LogP contribution in [0.5, 0.6) is 0 Å². The van der Waals surface area contributed by atoms with Crippen molar-refractivity contribution in [1.82, 2.24) is 5.32 Å². The van der Waals surface area contributed by atoms with Gasteiger partial charge in [0, 0.05) is 16.4 Å². The van der Waals surface area contributed by atoms with Gasteiger partial charge in [-0.1, -0.05) is 6.92 Å². The highest BCUT2D eigenvalue weighted by Gasteiger charge is 1.97. The predicted molar refractivity (Wildman–Crippen MR) is 49.4 cm³/mol. The normalized spacial score (nSPS) is 10.2. The van der Waals surface area contributed by atoms with Gasteiger partial charge in [-0.2, -0.15) is 11.3 Å². The molecule has 1 N–H and O–H groups in total. The molecule has 3 heteroatoms. The summed E-state index contributed by atoms with van der Waals surface area (Å²) in [6.45, 7) is 4.11. The Morgan fingerprint density at radius 3 is 2.90 bits per heavy atom. The molecule has 56 valence electrons. The van der Waals surface area contributed by atoms with Gasteiger partial charge < -0.3 is 5.32 Å². The first-order chi connectivity index (χ1) is 4.84. The van der Waals surface area contributed by atoms with Gasteiger partial charge in [0.25, 0.3) is 0 Å². The number of nitrogens with one attached hydrogen (secondary N) is 1. The van der Waals surface area contributed by atoms with Crippen molar-refractivity contribution < 1.29 is 0 Å². The van der Waals surface area contributed by atoms with Gasteiger partial charge in [-0.3, -0.25) is 0 Å². The van der Waals surface area contributed by atoms with E-state index in [2.05, 4.69) is 38.9 Å². The van der Waals surface area contributed by atoms with Crippen LogP contribution in [0.3, 0.4) is 0 Å². The van der Waals surface area contributed by atoms with Crippen molar-refractivity contribution in [3.05, 3.63) is 20.8 Å². The average Bonchev–Trinajstić information content (AvgIpc) is 2.31. The van der Waals surface area contributed by atoms with Gasteiger partial charge in [0.2, 0.25) is 0 Å². The standard InChI is InChI=1S/C7H10BrNS/c1-2-9-3-6-4-10-5-7(6)8/h4-5,9H,2-3H2,1H3. The smallest absolute Gasteiger partial charge is 0.0327 e. The molecule has 1 aromatic rings. The second-order valence-electron chi connectivity index (χ2n) is 2.03. The van der Waals surface area contributed by atoms with E-state index in [1.165, 1.54) is 10.0 Å². The monoisotopic (exact) mass is 219 g/mol. The quantitative estimate of drug-likeness (QED) is 0.825. The minimum atomic E-state index is 0.973. The summed E-state index contributed by atoms with van der Waals surface area (Å²) in [6, 6.07) is 0. The van der Waals surface area contributed by atoms with Gasteiger partial charge in [-0.15, -0.1) is 0 Å². The Bertz CT molecular complexity index is 197. The third kappa shape index (κ3) is 2.08. The molecule has 0 atom stereocenters. The van der Waals surface area contributed by atoms with Crippen LogP contribution in [-0.4, -0.2) is 6.54 Å². The lowest BCUT2D eigenvalue weighted by atomic mass is 10.3. The molecule has 1 aromatic heterocycles. The number of hydrogen-bond acceptors (Lipinski definition) is 2. The summed E-state index contributed by atoms with van der Waals surface area (Å²) in [4.78, 5) is 0. The third-order valence-electron chi connectivity index (χ3n) is 1.25. The molecule has 0 radical (unpaired) electrons. The van der Waals surface area contributed by atoms with Crippen LogP contribution in [0.2, 0.25) is 0 Å². The van der Waals surface area contributed by atoms with Crippen LogP contribution in [0, 0.1) is 0 Å². The van der Waals surface area contributed by atoms with Crippen molar-refractivity contribution in [2.45, 2.75) is 13.5 Å². The Balaban J connectivity index is 2.49. The van der Waals surface area contributed by atoms with Crippen LogP contribution < -0.4 is 5.32 Å². The van der Waals surface area contributed by atoms with Crippen LogP contribution in [0.1, 0.15) is 12.5 Å². The maximum absolute atomic E-state index is 3.47. The van der Waals surface area contributed by atoms with Gasteiger partial charge >= 0.3 is 0 Å². The van der Waals surface area contributed by atoms with E-state index in [1.54, 1.807) is 11.3 Å². The molecule has 0 amide bonds. The summed E-state index contributed by atoms with van der Waals surface area (Å²) in [7, 11) is 0. The highest BCUT2D eigenvalue weighted by molar-refractivity contribution is 9.10. The molecule has 0 saturated carbocycles. The Morgan fingerprint density at radius 2 is 2.40 bits per heavy atom. The zero-order valence-corrected chi connectivity index (χ0v) is 8.26. The molecule has 0 aliphatic heterocycles. The first-order valence-electron chi connectivity index (χ1n) is 3.26. The highest BCUT2D eigenvalue weighted by atomic mass is 79.9. The van der Waals surface area contributed by atoms with Crippen LogP contribution in [0.4, 0.5) is 0 Å². The lowest BCUT2D eigenvalue weighted by molar-refractivity contribution is 0.727. The van der Waals surface area contributed by atoms with Gasteiger partial charge in [0.1, 0.15) is 0 Å². The van der Waals surface area contributed by atoms with Crippen LogP contribution >= 0.6 is 27.3 Å². The highest BCUT2D eigenvalue weighted by Crippen LogP contribution is 2.20. The average molecular weight is 220 g/mol. The predicted octanol–water partition coefficient (Wildman–Crippen LogP) is 2.62. The van der Waals surface area contributed by atoms with E-state index in [1.807, 2.05) is 0 Å². The maximum Gasteiger partial charge on any atom is 0.0327 e. The first kappa shape index (κ1) is 8.24. The number of rotatable bonds is 3. The molecule has 1 nitrogen and oxygen atoms in total. The van der Waals surface area contributed by atoms with Crippen molar-refractivity contribution in [1.29, 1.82) is 0 Å². The second kappa shape index (κ2) is 4.11. The van der Waals surface area contributed by atoms with Crippen molar-refractivity contribution in [3.8, 4) is 0 Å². The number of halogens is 1. The number of hydrogen-bond donors (Lipinski definition) is 1. The maximum atomic E-state index is 3.47. The Labute approximate surface area is 73.6 Å². The molecule has 0 bridgehead atoms. The van der Waals surface area contributed by atoms with Crippen LogP contribution in [0.25, 0.3) is 0 Å². The fourth-order valence-corrected chi connectivity index (χ4v) is 2.14. The van der Waals surface area contributed by atoms with Crippen molar-refractivity contribution in [3.63, 3.8) is 0 Å². The minimum absolute atomic E-state index is 0.973. The molecular weight excluding hydrogens is 210 g/mol. The molecule has 0 saturated heterocycles. The summed E-state index contributed by atoms with van der Waals surface area (Å²) >= 11 is 5.20. The Kier molecular flexibility index (Phi) is 3.39. The van der Waals surface area contributed by atoms with Crippen molar-refractivity contribution in [2.24, 2.45) is 0 Å². The second-order valence-corrected chi connectivity index (χ2v) is 3.62. The van der Waals surface area contributed by atoms with Gasteiger partial charge in [0.15, 0.2) is 0 Å². The van der Waals surface area contributed by atoms with Gasteiger partial charge in [0.05, 0.1) is 0 Å². The SMILES string of the molecule is CCNCc1cscc1Br. The molecule has 0 fully saturated rings. The zero-order valence-electron chi connectivity index (χ0n) is 5.86. The fraction of sp³-hybridized carbons (Fsp3) is 0.429. The lowest BCUT2D eigenvalue weighted by Gasteiger charge is -1.97. The summed E-state index contributed by atoms with van der Waals surface area (Å²) in [5, 5.41) is 7.53. The van der Waals surface area contributed by atoms with E-state index in [4.69, 9.17) is 0 Å². The Morgan fingerprint density at radius 1 is 1.60 bits per heavy atom. The first-order valence-corrected chi connectivity index (χ1v) is 4.99. The molecular formula is C7H10BrNS. The molecule has 1 heterocycles. The van der Waals surface area contributed by atoms with E-state index < -0.39 is 0 Å². The molecule has 0 unspecified atom stereocenters. The molecule has 0 aliphatic carbocycles. The van der Waals surface area contributed by atoms with Gasteiger partial charge in [-0.25, -0.2) is 0 Å². The van der Waals surface area contributed by atoms with E-state index >= 15 is 0 Å². The Hall–Kier alpha value is 0.140.